The fourth-order valence-electron chi connectivity index (χ4n) is 5.85. The predicted octanol–water partition coefficient (Wildman–Crippen LogP) is -1.68. The Morgan fingerprint density at radius 3 is 0.800 bits per heavy atom. The third-order valence-corrected chi connectivity index (χ3v) is 13.8. The van der Waals surface area contributed by atoms with Gasteiger partial charge >= 0.3 is 156 Å². The van der Waals surface area contributed by atoms with Gasteiger partial charge in [-0.1, -0.05) is 67.2 Å². The summed E-state index contributed by atoms with van der Waals surface area (Å²) in [6.07, 6.45) is 8.28. The van der Waals surface area contributed by atoms with E-state index in [0.717, 1.165) is 36.5 Å². The number of ether oxygens (including phenoxy) is 11. The molecule has 0 radical (unpaired) electrons. The van der Waals surface area contributed by atoms with Crippen LogP contribution in [0.4, 0.5) is 0 Å². The molecule has 31 heteroatoms. The minimum absolute atomic E-state index is 0. The van der Waals surface area contributed by atoms with Gasteiger partial charge in [0.2, 0.25) is 0 Å². The molecule has 2 atom stereocenters. The van der Waals surface area contributed by atoms with Crippen LogP contribution >= 0.6 is 36.2 Å². The number of esters is 9. The molecule has 0 amide bonds. The van der Waals surface area contributed by atoms with Crippen LogP contribution in [0.2, 0.25) is 0 Å². The summed E-state index contributed by atoms with van der Waals surface area (Å²) in [5, 5.41) is 34.0. The van der Waals surface area contributed by atoms with Crippen LogP contribution in [-0.2, 0) is 105 Å². The number of hydrogen-bond acceptors (Lipinski definition) is 29. The predicted molar refractivity (Wildman–Crippen MR) is 331 cm³/mol. The van der Waals surface area contributed by atoms with Crippen molar-refractivity contribution in [2.75, 3.05) is 134 Å². The first kappa shape index (κ1) is 101. The van der Waals surface area contributed by atoms with Gasteiger partial charge in [-0.15, -0.1) is 0 Å². The number of thioether (sulfide) groups is 2. The van der Waals surface area contributed by atoms with E-state index in [1.54, 1.807) is 6.92 Å². The first-order chi connectivity index (χ1) is 41.9. The van der Waals surface area contributed by atoms with Crippen LogP contribution in [-0.4, -0.2) is 210 Å². The summed E-state index contributed by atoms with van der Waals surface area (Å²) in [7, 11) is 0. The second-order valence-corrected chi connectivity index (χ2v) is 21.2. The second kappa shape index (κ2) is 67.6. The Bertz CT molecular complexity index is 1880. The van der Waals surface area contributed by atoms with Crippen molar-refractivity contribution >= 4 is 96.3 Å². The molecule has 0 saturated heterocycles. The summed E-state index contributed by atoms with van der Waals surface area (Å²) < 4.78 is 58.8. The molecule has 0 aromatic rings. The minimum Gasteiger partial charge on any atom is -1.00 e. The fourth-order valence-corrected chi connectivity index (χ4v) is 7.14. The molecule has 0 aliphatic carbocycles. The van der Waals surface area contributed by atoms with E-state index in [-0.39, 0.29) is 229 Å². The average molecular weight is 1400 g/mol. The molecule has 2 unspecified atom stereocenters. The molecule has 0 rings (SSSR count). The Morgan fingerprint density at radius 2 is 0.656 bits per heavy atom. The number of rotatable bonds is 47. The van der Waals surface area contributed by atoms with Gasteiger partial charge in [0.15, 0.2) is 0 Å². The van der Waals surface area contributed by atoms with Crippen LogP contribution in [0.3, 0.4) is 0 Å². The maximum Gasteiger partial charge on any atom is 1.00 e. The first-order valence-electron chi connectivity index (χ1n) is 27.6. The molecule has 508 valence electrons. The van der Waals surface area contributed by atoms with Gasteiger partial charge in [-0.3, -0.25) is 19.2 Å². The molecule has 90 heavy (non-hydrogen) atoms. The Labute approximate surface area is 631 Å². The van der Waals surface area contributed by atoms with E-state index in [0.29, 0.717) is 61.1 Å². The smallest absolute Gasteiger partial charge is 1.00 e. The molecule has 0 heterocycles. The summed E-state index contributed by atoms with van der Waals surface area (Å²) in [5.74, 6) is -2.20. The first-order valence-corrected chi connectivity index (χ1v) is 30.5. The quantitative estimate of drug-likeness (QED) is 0.00608. The van der Waals surface area contributed by atoms with Crippen molar-refractivity contribution in [3.05, 3.63) is 75.9 Å². The maximum atomic E-state index is 12.3. The zero-order valence-corrected chi connectivity index (χ0v) is 62.6. The number of hydrogen-bond donors (Lipinski definition) is 4. The molecular formula is C59H96K2O26S3. The molecule has 0 bridgehead atoms. The number of aliphatic hydroxyl groups is 3. The van der Waals surface area contributed by atoms with E-state index in [4.69, 9.17) is 72.7 Å². The van der Waals surface area contributed by atoms with Crippen molar-refractivity contribution in [1.82, 2.24) is 0 Å². The summed E-state index contributed by atoms with van der Waals surface area (Å²) in [6.45, 7) is 30.8. The molecule has 0 spiro atoms. The van der Waals surface area contributed by atoms with Crippen LogP contribution in [0.5, 0.6) is 0 Å². The van der Waals surface area contributed by atoms with Gasteiger partial charge in [-0.05, 0) is 32.6 Å². The van der Waals surface area contributed by atoms with Gasteiger partial charge < -0.3 is 79.0 Å². The zero-order valence-electron chi connectivity index (χ0n) is 54.9. The Morgan fingerprint density at radius 1 is 0.433 bits per heavy atom. The van der Waals surface area contributed by atoms with Crippen molar-refractivity contribution in [3.8, 4) is 0 Å². The summed E-state index contributed by atoms with van der Waals surface area (Å²) >= 11 is 6.54. The van der Waals surface area contributed by atoms with Crippen molar-refractivity contribution in [2.24, 2.45) is 21.7 Å². The van der Waals surface area contributed by atoms with Crippen molar-refractivity contribution in [2.45, 2.75) is 80.1 Å². The normalized spacial score (nSPS) is 11.4. The van der Waals surface area contributed by atoms with Crippen LogP contribution in [0.15, 0.2) is 75.9 Å². The Kier molecular flexibility index (Phi) is 75.7. The van der Waals surface area contributed by atoms with E-state index in [9.17, 15) is 43.2 Å². The van der Waals surface area contributed by atoms with E-state index in [2.05, 4.69) is 61.7 Å². The molecular weight excluding hydrogens is 1300 g/mol. The van der Waals surface area contributed by atoms with Gasteiger partial charge in [0.1, 0.15) is 52.9 Å². The van der Waals surface area contributed by atoms with Crippen LogP contribution in [0.1, 0.15) is 81.5 Å². The van der Waals surface area contributed by atoms with Gasteiger partial charge in [0.05, 0.1) is 87.4 Å². The monoisotopic (exact) mass is 1390 g/mol. The van der Waals surface area contributed by atoms with Crippen molar-refractivity contribution in [1.29, 1.82) is 0 Å². The molecule has 0 aliphatic heterocycles. The molecule has 0 aromatic heterocycles. The number of aliphatic hydroxyl groups excluding tert-OH is 3. The summed E-state index contributed by atoms with van der Waals surface area (Å²) in [6, 6.07) is 0. The van der Waals surface area contributed by atoms with Crippen LogP contribution in [0.25, 0.3) is 0 Å². The van der Waals surface area contributed by atoms with Gasteiger partial charge in [-0.2, -0.15) is 36.2 Å². The van der Waals surface area contributed by atoms with Gasteiger partial charge in [0.25, 0.3) is 6.47 Å². The maximum absolute atomic E-state index is 12.3. The molecule has 0 fully saturated rings. The molecule has 0 aromatic carbocycles. The van der Waals surface area contributed by atoms with Gasteiger partial charge in [0, 0.05) is 72.1 Å². The van der Waals surface area contributed by atoms with E-state index < -0.39 is 69.4 Å². The fraction of sp³-hybridized carbons (Fsp3) is 0.627. The molecule has 0 aliphatic rings. The largest absolute Gasteiger partial charge is 1.00 e. The van der Waals surface area contributed by atoms with Crippen molar-refractivity contribution < 1.29 is 230 Å². The third kappa shape index (κ3) is 57.9. The van der Waals surface area contributed by atoms with Crippen LogP contribution in [0, 0.1) is 21.7 Å². The van der Waals surface area contributed by atoms with Crippen LogP contribution < -0.4 is 108 Å². The van der Waals surface area contributed by atoms with Gasteiger partial charge in [-0.25, -0.2) is 28.8 Å². The molecule has 0 saturated carbocycles. The third-order valence-electron chi connectivity index (χ3n) is 11.7. The minimum atomic E-state index is -0.871. The number of carbonyl (C=O) groups excluding carboxylic acids is 10. The topological polar surface area (TPSA) is 365 Å². The summed E-state index contributed by atoms with van der Waals surface area (Å²) in [5.41, 5.74) is -3.45. The Balaban J connectivity index is -0.000000205. The van der Waals surface area contributed by atoms with E-state index in [1.807, 2.05) is 27.7 Å². The standard InChI is InChI=1S/C28H46O11S2.C24H34O9.C4H8O2.C2H6OS.CH2O3.2K.H/c1-5-23(31)36-19-27(7-3,21-38-25(33)9-13-40-15-11-29)17-35-18-28(8-4,20-37-24(32)6-2)22-39-26(34)10-14-41-16-12-30;1-7-19(25)30-15-23(11-5,16-31-20(26)8-2)13-29-14-24(12-6,17-32-21(27)9-3)18-33-22(28)10-4;1-3-6-4(2)5;3-1-2-4;2-1-4-3;;;/h5-6,29-30H,1-2,7-22H2,3-4H3;7-10H,1-4,11-18H2,5-6H3;3H2,1-2H3;3-4H,1-2H2;1,3H;;;/q;;;;;2*+1;-1/p-1. The van der Waals surface area contributed by atoms with Crippen molar-refractivity contribution in [3.63, 3.8) is 0 Å². The number of thiol groups is 1. The van der Waals surface area contributed by atoms with E-state index in [1.165, 1.54) is 30.4 Å². The summed E-state index contributed by atoms with van der Waals surface area (Å²) in [4.78, 5) is 116. The Hall–Kier alpha value is -2.78. The second-order valence-electron chi connectivity index (χ2n) is 18.3. The zero-order chi connectivity index (χ0) is 68.1. The average Bonchev–Trinajstić information content (AvgIpc) is 1.94. The van der Waals surface area contributed by atoms with E-state index >= 15 is 0 Å². The molecule has 26 nitrogen and oxygen atoms in total. The SMILES string of the molecule is C=CC(=O)OCC(CC)(COCC(CC)(COC(=O)C=C)COC(=O)C=C)COC(=O)C=C.C=CC(=O)OCC(CC)(COCC(CC)(COC(=O)C=C)COC(=O)CCSCCO)COC(=O)CCSCCO.CCOC(C)=O.O=CO[O-].OCCS.[H-].[K+].[K+]. The number of carbonyl (C=O) groups is 10. The molecule has 3 N–H and O–H groups in total.